The molecule has 2 aliphatic rings. The first-order valence-electron chi connectivity index (χ1n) is 8.47. The van der Waals surface area contributed by atoms with Crippen LogP contribution in [0.15, 0.2) is 0 Å². The summed E-state index contributed by atoms with van der Waals surface area (Å²) in [5.41, 5.74) is -7.03. The van der Waals surface area contributed by atoms with Crippen molar-refractivity contribution in [3.8, 4) is 0 Å². The van der Waals surface area contributed by atoms with Crippen molar-refractivity contribution in [1.29, 1.82) is 0 Å². The molecule has 1 aliphatic heterocycles. The van der Waals surface area contributed by atoms with Gasteiger partial charge in [-0.3, -0.25) is 8.98 Å². The number of rotatable bonds is 7. The molecule has 0 aromatic rings. The maximum Gasteiger partial charge on any atom is 0.523 e. The topological polar surface area (TPSA) is 88.1 Å². The Kier molecular flexibility index (Phi) is 6.57. The maximum atomic E-state index is 12.5. The standard InChI is InChI=1S/C15H23F3O7S/c1-2-3-8-22-12(19)13(11-25-26(20,21)15(16,17)18)4-6-14(7-5-13)23-9-10-24-14/h2-11H2,1H3. The molecule has 2 rings (SSSR count). The van der Waals surface area contributed by atoms with E-state index in [9.17, 15) is 26.4 Å². The van der Waals surface area contributed by atoms with Gasteiger partial charge in [0, 0.05) is 12.8 Å². The second-order valence-corrected chi connectivity index (χ2v) is 8.15. The zero-order valence-corrected chi connectivity index (χ0v) is 15.3. The summed E-state index contributed by atoms with van der Waals surface area (Å²) in [5, 5.41) is 0. The van der Waals surface area contributed by atoms with Gasteiger partial charge in [0.25, 0.3) is 0 Å². The van der Waals surface area contributed by atoms with E-state index >= 15 is 0 Å². The minimum Gasteiger partial charge on any atom is -0.465 e. The Labute approximate surface area is 150 Å². The summed E-state index contributed by atoms with van der Waals surface area (Å²) in [6.45, 7) is 1.87. The van der Waals surface area contributed by atoms with E-state index in [0.717, 1.165) is 6.42 Å². The fourth-order valence-corrected chi connectivity index (χ4v) is 3.54. The zero-order chi connectivity index (χ0) is 19.5. The Morgan fingerprint density at radius 2 is 1.69 bits per heavy atom. The van der Waals surface area contributed by atoms with Crippen molar-refractivity contribution < 1.29 is 44.8 Å². The molecule has 0 amide bonds. The monoisotopic (exact) mass is 404 g/mol. The molecule has 7 nitrogen and oxygen atoms in total. The number of carbonyl (C=O) groups excluding carboxylic acids is 1. The van der Waals surface area contributed by atoms with Gasteiger partial charge in [0.15, 0.2) is 5.79 Å². The van der Waals surface area contributed by atoms with Gasteiger partial charge in [-0.1, -0.05) is 13.3 Å². The van der Waals surface area contributed by atoms with E-state index in [-0.39, 0.29) is 32.3 Å². The highest BCUT2D eigenvalue weighted by Gasteiger charge is 2.54. The van der Waals surface area contributed by atoms with Gasteiger partial charge in [-0.15, -0.1) is 0 Å². The molecule has 2 fully saturated rings. The number of carbonyl (C=O) groups is 1. The summed E-state index contributed by atoms with van der Waals surface area (Å²) in [7, 11) is -5.79. The van der Waals surface area contributed by atoms with E-state index in [0.29, 0.717) is 19.6 Å². The van der Waals surface area contributed by atoms with E-state index in [2.05, 4.69) is 4.18 Å². The van der Waals surface area contributed by atoms with E-state index in [1.807, 2.05) is 6.92 Å². The molecule has 152 valence electrons. The number of esters is 1. The third kappa shape index (κ3) is 4.68. The Hall–Kier alpha value is -0.910. The number of halogens is 3. The molecule has 11 heteroatoms. The lowest BCUT2D eigenvalue weighted by Crippen LogP contribution is -2.47. The maximum absolute atomic E-state index is 12.5. The zero-order valence-electron chi connectivity index (χ0n) is 14.5. The summed E-state index contributed by atoms with van der Waals surface area (Å²) in [4.78, 5) is 12.5. The van der Waals surface area contributed by atoms with Crippen LogP contribution in [0.3, 0.4) is 0 Å². The third-order valence-electron chi connectivity index (χ3n) is 4.72. The third-order valence-corrected chi connectivity index (χ3v) is 5.72. The van der Waals surface area contributed by atoms with Crippen molar-refractivity contribution in [3.63, 3.8) is 0 Å². The largest absolute Gasteiger partial charge is 0.523 e. The molecule has 1 saturated carbocycles. The van der Waals surface area contributed by atoms with E-state index in [4.69, 9.17) is 14.2 Å². The molecular weight excluding hydrogens is 381 g/mol. The molecule has 1 heterocycles. The Morgan fingerprint density at radius 3 is 2.19 bits per heavy atom. The van der Waals surface area contributed by atoms with Crippen molar-refractivity contribution in [3.05, 3.63) is 0 Å². The second kappa shape index (κ2) is 7.99. The predicted octanol–water partition coefficient (Wildman–Crippen LogP) is 2.50. The second-order valence-electron chi connectivity index (χ2n) is 6.54. The van der Waals surface area contributed by atoms with Crippen molar-refractivity contribution in [2.75, 3.05) is 26.4 Å². The highest BCUT2D eigenvalue weighted by molar-refractivity contribution is 7.87. The van der Waals surface area contributed by atoms with Gasteiger partial charge in [-0.25, -0.2) is 0 Å². The molecule has 0 bridgehead atoms. The summed E-state index contributed by atoms with van der Waals surface area (Å²) in [6.07, 6.45) is 1.94. The SMILES string of the molecule is CCCCOC(=O)C1(COS(=O)(=O)C(F)(F)F)CCC2(CC1)OCCO2. The average molecular weight is 404 g/mol. The number of ether oxygens (including phenoxy) is 3. The number of unbranched alkanes of at least 4 members (excludes halogenated alkanes) is 1. The quantitative estimate of drug-likeness (QED) is 0.279. The summed E-state index contributed by atoms with van der Waals surface area (Å²) in [5.74, 6) is -1.62. The number of alkyl halides is 3. The van der Waals surface area contributed by atoms with Crippen molar-refractivity contribution in [1.82, 2.24) is 0 Å². The minimum atomic E-state index is -5.79. The average Bonchev–Trinajstić information content (AvgIpc) is 3.02. The molecule has 1 saturated heterocycles. The highest BCUT2D eigenvalue weighted by Crippen LogP contribution is 2.46. The van der Waals surface area contributed by atoms with Gasteiger partial charge in [0.05, 0.1) is 31.8 Å². The summed E-state index contributed by atoms with van der Waals surface area (Å²) < 4.78 is 80.5. The lowest BCUT2D eigenvalue weighted by molar-refractivity contribution is -0.202. The molecular formula is C15H23F3O7S. The molecule has 0 atom stereocenters. The molecule has 0 aromatic carbocycles. The van der Waals surface area contributed by atoms with Gasteiger partial charge in [-0.05, 0) is 19.3 Å². The Bertz CT molecular complexity index is 587. The lowest BCUT2D eigenvalue weighted by Gasteiger charge is -2.41. The van der Waals surface area contributed by atoms with Gasteiger partial charge >= 0.3 is 21.6 Å². The van der Waals surface area contributed by atoms with E-state index in [1.165, 1.54) is 0 Å². The summed E-state index contributed by atoms with van der Waals surface area (Å²) >= 11 is 0. The molecule has 1 aliphatic carbocycles. The molecule has 26 heavy (non-hydrogen) atoms. The summed E-state index contributed by atoms with van der Waals surface area (Å²) in [6, 6.07) is 0. The van der Waals surface area contributed by atoms with Gasteiger partial charge in [0.2, 0.25) is 0 Å². The van der Waals surface area contributed by atoms with Crippen molar-refractivity contribution in [2.24, 2.45) is 5.41 Å². The van der Waals surface area contributed by atoms with Gasteiger partial charge in [0.1, 0.15) is 0 Å². The molecule has 0 N–H and O–H groups in total. The van der Waals surface area contributed by atoms with Crippen LogP contribution >= 0.6 is 0 Å². The predicted molar refractivity (Wildman–Crippen MR) is 82.3 cm³/mol. The number of hydrogen-bond acceptors (Lipinski definition) is 7. The molecule has 1 spiro atoms. The van der Waals surface area contributed by atoms with Crippen LogP contribution in [0, 0.1) is 5.41 Å². The minimum absolute atomic E-state index is 0.0470. The van der Waals surface area contributed by atoms with Crippen LogP contribution in [0.1, 0.15) is 45.4 Å². The van der Waals surface area contributed by atoms with Crippen LogP contribution < -0.4 is 0 Å². The van der Waals surface area contributed by atoms with Crippen LogP contribution in [-0.4, -0.2) is 52.1 Å². The van der Waals surface area contributed by atoms with Crippen LogP contribution in [0.25, 0.3) is 0 Å². The lowest BCUT2D eigenvalue weighted by atomic mass is 9.72. The van der Waals surface area contributed by atoms with Crippen LogP contribution in [0.4, 0.5) is 13.2 Å². The first kappa shape index (κ1) is 21.4. The fraction of sp³-hybridized carbons (Fsp3) is 0.933. The van der Waals surface area contributed by atoms with Gasteiger partial charge < -0.3 is 14.2 Å². The van der Waals surface area contributed by atoms with Crippen LogP contribution in [0.2, 0.25) is 0 Å². The number of hydrogen-bond donors (Lipinski definition) is 0. The Balaban J connectivity index is 2.10. The first-order chi connectivity index (χ1) is 12.1. The van der Waals surface area contributed by atoms with Crippen LogP contribution in [-0.2, 0) is 33.3 Å². The van der Waals surface area contributed by atoms with Crippen molar-refractivity contribution in [2.45, 2.75) is 56.7 Å². The fourth-order valence-electron chi connectivity index (χ4n) is 3.02. The molecule has 0 radical (unpaired) electrons. The highest BCUT2D eigenvalue weighted by atomic mass is 32.2. The molecule has 0 aromatic heterocycles. The Morgan fingerprint density at radius 1 is 1.12 bits per heavy atom. The van der Waals surface area contributed by atoms with Crippen molar-refractivity contribution >= 4 is 16.1 Å². The smallest absolute Gasteiger partial charge is 0.465 e. The first-order valence-corrected chi connectivity index (χ1v) is 9.88. The van der Waals surface area contributed by atoms with Crippen LogP contribution in [0.5, 0.6) is 0 Å². The van der Waals surface area contributed by atoms with E-state index in [1.54, 1.807) is 0 Å². The van der Waals surface area contributed by atoms with Gasteiger partial charge in [-0.2, -0.15) is 21.6 Å². The van der Waals surface area contributed by atoms with E-state index < -0.39 is 39.4 Å². The molecule has 0 unspecified atom stereocenters. The normalized spacial score (nSPS) is 22.5.